The van der Waals surface area contributed by atoms with Crippen molar-refractivity contribution in [2.75, 3.05) is 39.4 Å². The number of ether oxygens (including phenoxy) is 2. The molecule has 1 fully saturated rings. The standard InChI is InChI=1S/C20H35N5O2.HI/c1-6-21-19(24-15-20(4,5)25-9-11-26-12-10-25)23-14-17-7-8-18(22-13-17)27-16(2)3;/h7-8,13,16H,6,9-12,14-15H2,1-5H3,(H2,21,23,24);1H. The summed E-state index contributed by atoms with van der Waals surface area (Å²) in [5.41, 5.74) is 1.09. The van der Waals surface area contributed by atoms with Crippen molar-refractivity contribution < 1.29 is 9.47 Å². The molecule has 0 aromatic carbocycles. The molecule has 0 atom stereocenters. The van der Waals surface area contributed by atoms with Gasteiger partial charge in [-0.15, -0.1) is 24.0 Å². The Balaban J connectivity index is 0.00000392. The van der Waals surface area contributed by atoms with Crippen molar-refractivity contribution in [2.45, 2.75) is 52.8 Å². The largest absolute Gasteiger partial charge is 0.475 e. The zero-order valence-electron chi connectivity index (χ0n) is 17.8. The Labute approximate surface area is 186 Å². The van der Waals surface area contributed by atoms with E-state index >= 15 is 0 Å². The molecule has 0 unspecified atom stereocenters. The molecule has 1 aliphatic rings. The molecule has 160 valence electrons. The van der Waals surface area contributed by atoms with Gasteiger partial charge in [-0.05, 0) is 40.2 Å². The van der Waals surface area contributed by atoms with E-state index in [2.05, 4.69) is 41.3 Å². The lowest BCUT2D eigenvalue weighted by molar-refractivity contribution is -0.00834. The van der Waals surface area contributed by atoms with E-state index in [0.717, 1.165) is 50.9 Å². The fourth-order valence-electron chi connectivity index (χ4n) is 2.91. The van der Waals surface area contributed by atoms with Gasteiger partial charge in [0.2, 0.25) is 5.88 Å². The number of aliphatic imine (C=N–C) groups is 1. The van der Waals surface area contributed by atoms with Crippen LogP contribution in [-0.4, -0.2) is 66.9 Å². The lowest BCUT2D eigenvalue weighted by atomic mass is 10.0. The summed E-state index contributed by atoms with van der Waals surface area (Å²) in [5, 5.41) is 6.79. The zero-order valence-corrected chi connectivity index (χ0v) is 20.2. The van der Waals surface area contributed by atoms with Gasteiger partial charge >= 0.3 is 0 Å². The molecule has 1 aromatic rings. The van der Waals surface area contributed by atoms with Gasteiger partial charge in [0.15, 0.2) is 5.96 Å². The van der Waals surface area contributed by atoms with Crippen LogP contribution in [0.15, 0.2) is 23.3 Å². The molecule has 7 nitrogen and oxygen atoms in total. The van der Waals surface area contributed by atoms with Gasteiger partial charge in [-0.1, -0.05) is 6.07 Å². The maximum Gasteiger partial charge on any atom is 0.213 e. The van der Waals surface area contributed by atoms with Gasteiger partial charge in [0.05, 0.1) is 25.9 Å². The van der Waals surface area contributed by atoms with E-state index in [1.165, 1.54) is 0 Å². The Morgan fingerprint density at radius 2 is 2.00 bits per heavy atom. The maximum atomic E-state index is 5.58. The molecule has 1 saturated heterocycles. The van der Waals surface area contributed by atoms with Gasteiger partial charge in [-0.25, -0.2) is 9.98 Å². The fourth-order valence-corrected chi connectivity index (χ4v) is 2.91. The smallest absolute Gasteiger partial charge is 0.213 e. The Hall–Kier alpha value is -1.13. The number of guanidine groups is 1. The van der Waals surface area contributed by atoms with Crippen LogP contribution in [0.25, 0.3) is 0 Å². The van der Waals surface area contributed by atoms with Crippen LogP contribution in [0, 0.1) is 0 Å². The van der Waals surface area contributed by atoms with Gasteiger partial charge < -0.3 is 20.1 Å². The number of pyridine rings is 1. The van der Waals surface area contributed by atoms with Crippen molar-refractivity contribution in [3.05, 3.63) is 23.9 Å². The van der Waals surface area contributed by atoms with E-state index in [-0.39, 0.29) is 35.6 Å². The number of hydrogen-bond donors (Lipinski definition) is 2. The molecule has 8 heteroatoms. The number of halogens is 1. The van der Waals surface area contributed by atoms with Crippen molar-refractivity contribution in [3.8, 4) is 5.88 Å². The van der Waals surface area contributed by atoms with Crippen molar-refractivity contribution in [1.82, 2.24) is 20.5 Å². The van der Waals surface area contributed by atoms with Gasteiger partial charge in [-0.2, -0.15) is 0 Å². The summed E-state index contributed by atoms with van der Waals surface area (Å²) < 4.78 is 11.0. The number of morpholine rings is 1. The van der Waals surface area contributed by atoms with Crippen molar-refractivity contribution >= 4 is 29.9 Å². The predicted molar refractivity (Wildman–Crippen MR) is 125 cm³/mol. The third kappa shape index (κ3) is 8.48. The monoisotopic (exact) mass is 505 g/mol. The van der Waals surface area contributed by atoms with Crippen molar-refractivity contribution in [2.24, 2.45) is 4.99 Å². The number of hydrogen-bond acceptors (Lipinski definition) is 5. The van der Waals surface area contributed by atoms with Gasteiger partial charge in [0.1, 0.15) is 0 Å². The van der Waals surface area contributed by atoms with Crippen molar-refractivity contribution in [1.29, 1.82) is 0 Å². The number of nitrogens with one attached hydrogen (secondary N) is 2. The van der Waals surface area contributed by atoms with Crippen LogP contribution in [0.5, 0.6) is 5.88 Å². The molecule has 0 amide bonds. The van der Waals surface area contributed by atoms with Crippen LogP contribution < -0.4 is 15.4 Å². The van der Waals surface area contributed by atoms with Crippen LogP contribution in [0.3, 0.4) is 0 Å². The zero-order chi connectivity index (χ0) is 19.7. The maximum absolute atomic E-state index is 5.58. The molecule has 0 saturated carbocycles. The van der Waals surface area contributed by atoms with Crippen LogP contribution >= 0.6 is 24.0 Å². The minimum Gasteiger partial charge on any atom is -0.475 e. The first-order valence-electron chi connectivity index (χ1n) is 9.87. The highest BCUT2D eigenvalue weighted by Gasteiger charge is 2.28. The summed E-state index contributed by atoms with van der Waals surface area (Å²) in [6.07, 6.45) is 1.95. The Bertz CT molecular complexity index is 587. The van der Waals surface area contributed by atoms with Gasteiger partial charge in [-0.3, -0.25) is 4.90 Å². The molecule has 1 aromatic heterocycles. The molecule has 28 heavy (non-hydrogen) atoms. The Morgan fingerprint density at radius 1 is 1.29 bits per heavy atom. The molecule has 2 rings (SSSR count). The minimum atomic E-state index is 0. The molecule has 2 heterocycles. The number of rotatable bonds is 8. The average Bonchev–Trinajstić information content (AvgIpc) is 2.65. The second-order valence-corrected chi connectivity index (χ2v) is 7.63. The topological polar surface area (TPSA) is 71.0 Å². The minimum absolute atomic E-state index is 0. The fraction of sp³-hybridized carbons (Fsp3) is 0.700. The number of nitrogens with zero attached hydrogens (tertiary/aromatic N) is 3. The summed E-state index contributed by atoms with van der Waals surface area (Å²) >= 11 is 0. The average molecular weight is 505 g/mol. The molecular formula is C20H36IN5O2. The Kier molecular flexibility index (Phi) is 11.1. The van der Waals surface area contributed by atoms with Gasteiger partial charge in [0, 0.05) is 44.0 Å². The second kappa shape index (κ2) is 12.4. The highest BCUT2D eigenvalue weighted by Crippen LogP contribution is 2.15. The van der Waals surface area contributed by atoms with Crippen molar-refractivity contribution in [3.63, 3.8) is 0 Å². The van der Waals surface area contributed by atoms with E-state index in [1.807, 2.05) is 32.2 Å². The lowest BCUT2D eigenvalue weighted by Crippen LogP contribution is -2.56. The molecule has 0 aliphatic carbocycles. The van der Waals surface area contributed by atoms with Crippen LogP contribution in [-0.2, 0) is 11.3 Å². The molecule has 1 aliphatic heterocycles. The third-order valence-corrected chi connectivity index (χ3v) is 4.47. The third-order valence-electron chi connectivity index (χ3n) is 4.47. The first-order valence-corrected chi connectivity index (χ1v) is 9.87. The van der Waals surface area contributed by atoms with E-state index in [0.29, 0.717) is 12.4 Å². The SMILES string of the molecule is CCNC(=NCc1ccc(OC(C)C)nc1)NCC(C)(C)N1CCOCC1.I. The molecule has 0 spiro atoms. The quantitative estimate of drug-likeness (QED) is 0.322. The molecule has 0 bridgehead atoms. The second-order valence-electron chi connectivity index (χ2n) is 7.63. The summed E-state index contributed by atoms with van der Waals surface area (Å²) in [5.74, 6) is 1.47. The van der Waals surface area contributed by atoms with E-state index in [9.17, 15) is 0 Å². The van der Waals surface area contributed by atoms with E-state index in [1.54, 1.807) is 0 Å². The Morgan fingerprint density at radius 3 is 2.57 bits per heavy atom. The highest BCUT2D eigenvalue weighted by atomic mass is 127. The van der Waals surface area contributed by atoms with E-state index < -0.39 is 0 Å². The van der Waals surface area contributed by atoms with Crippen LogP contribution in [0.4, 0.5) is 0 Å². The summed E-state index contributed by atoms with van der Waals surface area (Å²) in [7, 11) is 0. The summed E-state index contributed by atoms with van der Waals surface area (Å²) in [4.78, 5) is 11.5. The van der Waals surface area contributed by atoms with Crippen LogP contribution in [0.2, 0.25) is 0 Å². The van der Waals surface area contributed by atoms with Crippen LogP contribution in [0.1, 0.15) is 40.2 Å². The summed E-state index contributed by atoms with van der Waals surface area (Å²) in [6, 6.07) is 3.90. The van der Waals surface area contributed by atoms with E-state index in [4.69, 9.17) is 14.5 Å². The van der Waals surface area contributed by atoms with Gasteiger partial charge in [0.25, 0.3) is 0 Å². The molecular weight excluding hydrogens is 469 g/mol. The lowest BCUT2D eigenvalue weighted by Gasteiger charge is -2.41. The number of aromatic nitrogens is 1. The summed E-state index contributed by atoms with van der Waals surface area (Å²) in [6.45, 7) is 16.3. The predicted octanol–water partition coefficient (Wildman–Crippen LogP) is 2.65. The molecule has 0 radical (unpaired) electrons. The molecule has 2 N–H and O–H groups in total. The highest BCUT2D eigenvalue weighted by molar-refractivity contribution is 14.0. The first kappa shape index (κ1) is 24.9. The first-order chi connectivity index (χ1) is 12.9. The normalized spacial score (nSPS) is 15.9.